The molecule has 0 saturated heterocycles. The Kier molecular flexibility index (Phi) is 6.41. The lowest BCUT2D eigenvalue weighted by Gasteiger charge is -2.30. The zero-order valence-electron chi connectivity index (χ0n) is 20.5. The summed E-state index contributed by atoms with van der Waals surface area (Å²) in [4.78, 5) is 17.7. The third-order valence-corrected chi connectivity index (χ3v) is 6.95. The summed E-state index contributed by atoms with van der Waals surface area (Å²) in [5.74, 6) is 0.494. The van der Waals surface area contributed by atoms with Crippen LogP contribution < -0.4 is 10.9 Å². The van der Waals surface area contributed by atoms with Gasteiger partial charge in [0.05, 0.1) is 11.7 Å². The molecule has 5 rings (SSSR count). The van der Waals surface area contributed by atoms with E-state index in [1.165, 1.54) is 11.6 Å². The standard InChI is InChI=1S/C28H32FN5O/c1-18(2)15-34-17-20(21-14-31-33(3)16-21)12-27(28(34)35)32-23-7-4-19(5-8-23)24-10-11-30-26-9-6-22(29)13-25(24)26/h6,9-14,16-19,23,32H,4-5,7-8,15H2,1-3H3/t19-,23+. The molecule has 1 aliphatic rings. The van der Waals surface area contributed by atoms with E-state index in [0.29, 0.717) is 24.1 Å². The predicted molar refractivity (Wildman–Crippen MR) is 138 cm³/mol. The van der Waals surface area contributed by atoms with Crippen molar-refractivity contribution >= 4 is 16.6 Å². The molecule has 35 heavy (non-hydrogen) atoms. The van der Waals surface area contributed by atoms with Crippen LogP contribution in [0.5, 0.6) is 0 Å². The molecule has 0 atom stereocenters. The van der Waals surface area contributed by atoms with Gasteiger partial charge in [-0.25, -0.2) is 4.39 Å². The Labute approximate surface area is 204 Å². The van der Waals surface area contributed by atoms with Gasteiger partial charge in [-0.2, -0.15) is 5.10 Å². The summed E-state index contributed by atoms with van der Waals surface area (Å²) in [5, 5.41) is 8.77. The monoisotopic (exact) mass is 473 g/mol. The van der Waals surface area contributed by atoms with Gasteiger partial charge in [-0.1, -0.05) is 13.8 Å². The van der Waals surface area contributed by atoms with E-state index in [0.717, 1.165) is 47.7 Å². The van der Waals surface area contributed by atoms with Crippen LogP contribution in [0.1, 0.15) is 51.0 Å². The Balaban J connectivity index is 1.36. The maximum atomic E-state index is 13.9. The van der Waals surface area contributed by atoms with Crippen LogP contribution in [0.2, 0.25) is 0 Å². The van der Waals surface area contributed by atoms with Crippen LogP contribution in [0.25, 0.3) is 22.0 Å². The first-order valence-electron chi connectivity index (χ1n) is 12.4. The van der Waals surface area contributed by atoms with Gasteiger partial charge in [-0.3, -0.25) is 14.5 Å². The van der Waals surface area contributed by atoms with Gasteiger partial charge in [0.25, 0.3) is 5.56 Å². The number of aryl methyl sites for hydroxylation is 1. The van der Waals surface area contributed by atoms with Crippen LogP contribution in [-0.2, 0) is 13.6 Å². The Bertz CT molecular complexity index is 1400. The minimum absolute atomic E-state index is 0.0177. The Morgan fingerprint density at radius 1 is 1.09 bits per heavy atom. The fourth-order valence-electron chi connectivity index (χ4n) is 5.26. The van der Waals surface area contributed by atoms with Crippen molar-refractivity contribution in [1.82, 2.24) is 19.3 Å². The van der Waals surface area contributed by atoms with Crippen molar-refractivity contribution in [2.45, 2.75) is 58.0 Å². The first-order valence-corrected chi connectivity index (χ1v) is 12.4. The van der Waals surface area contributed by atoms with Gasteiger partial charge in [-0.15, -0.1) is 0 Å². The number of nitrogens with zero attached hydrogens (tertiary/aromatic N) is 4. The number of pyridine rings is 2. The van der Waals surface area contributed by atoms with Crippen molar-refractivity contribution in [2.24, 2.45) is 13.0 Å². The predicted octanol–water partition coefficient (Wildman–Crippen LogP) is 5.73. The van der Waals surface area contributed by atoms with Gasteiger partial charge in [0.2, 0.25) is 0 Å². The number of halogens is 1. The normalized spacial score (nSPS) is 18.3. The van der Waals surface area contributed by atoms with E-state index < -0.39 is 0 Å². The number of fused-ring (bicyclic) bond motifs is 1. The highest BCUT2D eigenvalue weighted by Crippen LogP contribution is 2.37. The number of aromatic nitrogens is 4. The first-order chi connectivity index (χ1) is 16.9. The van der Waals surface area contributed by atoms with Crippen molar-refractivity contribution in [3.05, 3.63) is 76.9 Å². The Morgan fingerprint density at radius 2 is 1.89 bits per heavy atom. The van der Waals surface area contributed by atoms with Gasteiger partial charge < -0.3 is 9.88 Å². The molecule has 1 fully saturated rings. The average molecular weight is 474 g/mol. The summed E-state index contributed by atoms with van der Waals surface area (Å²) in [5.41, 5.74) is 4.65. The number of rotatable bonds is 6. The number of anilines is 1. The van der Waals surface area contributed by atoms with Crippen LogP contribution in [0.3, 0.4) is 0 Å². The lowest BCUT2D eigenvalue weighted by Crippen LogP contribution is -2.31. The summed E-state index contributed by atoms with van der Waals surface area (Å²) < 4.78 is 17.5. The lowest BCUT2D eigenvalue weighted by molar-refractivity contribution is 0.413. The molecule has 0 bridgehead atoms. The third kappa shape index (κ3) is 4.99. The summed E-state index contributed by atoms with van der Waals surface area (Å²) in [7, 11) is 1.89. The van der Waals surface area contributed by atoms with E-state index in [1.54, 1.807) is 16.8 Å². The van der Waals surface area contributed by atoms with Crippen LogP contribution in [0.4, 0.5) is 10.1 Å². The van der Waals surface area contributed by atoms with Gasteiger partial charge in [-0.05, 0) is 73.4 Å². The van der Waals surface area contributed by atoms with E-state index in [4.69, 9.17) is 0 Å². The van der Waals surface area contributed by atoms with Crippen molar-refractivity contribution in [3.63, 3.8) is 0 Å². The van der Waals surface area contributed by atoms with Crippen molar-refractivity contribution < 1.29 is 4.39 Å². The quantitative estimate of drug-likeness (QED) is 0.388. The zero-order valence-corrected chi connectivity index (χ0v) is 20.5. The molecule has 0 unspecified atom stereocenters. The molecular weight excluding hydrogens is 441 g/mol. The highest BCUT2D eigenvalue weighted by atomic mass is 19.1. The maximum absolute atomic E-state index is 13.9. The maximum Gasteiger partial charge on any atom is 0.273 e. The van der Waals surface area contributed by atoms with Crippen molar-refractivity contribution in [2.75, 3.05) is 5.32 Å². The van der Waals surface area contributed by atoms with Crippen molar-refractivity contribution in [3.8, 4) is 11.1 Å². The topological polar surface area (TPSA) is 64.7 Å². The smallest absolute Gasteiger partial charge is 0.273 e. The highest BCUT2D eigenvalue weighted by molar-refractivity contribution is 5.82. The van der Waals surface area contributed by atoms with E-state index in [-0.39, 0.29) is 17.4 Å². The molecule has 3 aromatic heterocycles. The summed E-state index contributed by atoms with van der Waals surface area (Å²) in [6, 6.07) is 9.03. The molecule has 182 valence electrons. The van der Waals surface area contributed by atoms with Crippen molar-refractivity contribution in [1.29, 1.82) is 0 Å². The summed E-state index contributed by atoms with van der Waals surface area (Å²) in [6.45, 7) is 4.90. The lowest BCUT2D eigenvalue weighted by atomic mass is 9.80. The molecule has 1 saturated carbocycles. The van der Waals surface area contributed by atoms with Crippen LogP contribution in [-0.4, -0.2) is 25.4 Å². The van der Waals surface area contributed by atoms with E-state index in [9.17, 15) is 9.18 Å². The van der Waals surface area contributed by atoms with E-state index in [1.807, 2.05) is 48.5 Å². The molecular formula is C28H32FN5O. The average Bonchev–Trinajstić information content (AvgIpc) is 3.27. The molecule has 7 heteroatoms. The van der Waals surface area contributed by atoms with Gasteiger partial charge in [0, 0.05) is 54.7 Å². The second-order valence-corrected chi connectivity index (χ2v) is 10.2. The minimum atomic E-state index is -0.228. The van der Waals surface area contributed by atoms with Gasteiger partial charge in [0.15, 0.2) is 0 Å². The first kappa shape index (κ1) is 23.3. The van der Waals surface area contributed by atoms with Crippen LogP contribution in [0.15, 0.2) is 59.9 Å². The molecule has 6 nitrogen and oxygen atoms in total. The minimum Gasteiger partial charge on any atom is -0.378 e. The van der Waals surface area contributed by atoms with E-state index in [2.05, 4.69) is 29.2 Å². The SMILES string of the molecule is CC(C)Cn1cc(-c2cnn(C)c2)cc(N[C@H]2CC[C@@H](c3ccnc4ccc(F)cc43)CC2)c1=O. The van der Waals surface area contributed by atoms with Gasteiger partial charge >= 0.3 is 0 Å². The Morgan fingerprint density at radius 3 is 2.60 bits per heavy atom. The number of hydrogen-bond donors (Lipinski definition) is 1. The molecule has 1 aromatic carbocycles. The van der Waals surface area contributed by atoms with E-state index >= 15 is 0 Å². The number of nitrogens with one attached hydrogen (secondary N) is 1. The largest absolute Gasteiger partial charge is 0.378 e. The molecule has 0 aliphatic heterocycles. The highest BCUT2D eigenvalue weighted by Gasteiger charge is 2.25. The molecule has 1 aliphatic carbocycles. The third-order valence-electron chi connectivity index (χ3n) is 6.95. The molecule has 4 aromatic rings. The second-order valence-electron chi connectivity index (χ2n) is 10.2. The molecule has 3 heterocycles. The fourth-order valence-corrected chi connectivity index (χ4v) is 5.26. The molecule has 0 radical (unpaired) electrons. The Hall–Kier alpha value is -3.48. The summed E-state index contributed by atoms with van der Waals surface area (Å²) in [6.07, 6.45) is 11.4. The summed E-state index contributed by atoms with van der Waals surface area (Å²) >= 11 is 0. The number of hydrogen-bond acceptors (Lipinski definition) is 4. The van der Waals surface area contributed by atoms with Gasteiger partial charge in [0.1, 0.15) is 11.5 Å². The number of benzene rings is 1. The zero-order chi connectivity index (χ0) is 24.5. The second kappa shape index (κ2) is 9.64. The van der Waals surface area contributed by atoms with Crippen LogP contribution in [0, 0.1) is 11.7 Å². The van der Waals surface area contributed by atoms with Crippen LogP contribution >= 0.6 is 0 Å². The molecule has 1 N–H and O–H groups in total. The molecule has 0 spiro atoms. The molecule has 0 amide bonds. The fraction of sp³-hybridized carbons (Fsp3) is 0.393.